The summed E-state index contributed by atoms with van der Waals surface area (Å²) in [6.45, 7) is 4.64. The Morgan fingerprint density at radius 3 is 2.58 bits per heavy atom. The van der Waals surface area contributed by atoms with Gasteiger partial charge in [-0.3, -0.25) is 14.7 Å². The van der Waals surface area contributed by atoms with Crippen LogP contribution in [0.4, 0.5) is 0 Å². The second kappa shape index (κ2) is 9.97. The fraction of sp³-hybridized carbons (Fsp3) is 0.500. The van der Waals surface area contributed by atoms with Crippen LogP contribution < -0.4 is 5.32 Å². The summed E-state index contributed by atoms with van der Waals surface area (Å²) in [5, 5.41) is 4.88. The quantitative estimate of drug-likeness (QED) is 0.442. The van der Waals surface area contributed by atoms with Crippen LogP contribution in [0.2, 0.25) is 0 Å². The maximum atomic E-state index is 14.5. The molecule has 4 fully saturated rings. The molecule has 5 unspecified atom stereocenters. The third kappa shape index (κ3) is 4.14. The van der Waals surface area contributed by atoms with Crippen LogP contribution in [0.5, 0.6) is 0 Å². The first-order valence-electron chi connectivity index (χ1n) is 14.1. The molecule has 2 aromatic carbocycles. The predicted octanol–water partition coefficient (Wildman–Crippen LogP) is 6.41. The lowest BCUT2D eigenvalue weighted by Crippen LogP contribution is -2.59. The average molecular weight is 482 g/mol. The van der Waals surface area contributed by atoms with E-state index in [-0.39, 0.29) is 11.9 Å². The largest absolute Gasteiger partial charge is 0.347 e. The summed E-state index contributed by atoms with van der Waals surface area (Å²) in [6, 6.07) is 21.4. The van der Waals surface area contributed by atoms with Crippen molar-refractivity contribution >= 4 is 16.8 Å². The number of pyridine rings is 1. The van der Waals surface area contributed by atoms with Crippen LogP contribution in [0.1, 0.15) is 75.5 Å². The van der Waals surface area contributed by atoms with E-state index in [4.69, 9.17) is 0 Å². The van der Waals surface area contributed by atoms with Gasteiger partial charge in [0.05, 0.1) is 17.0 Å². The van der Waals surface area contributed by atoms with E-state index in [1.54, 1.807) is 0 Å². The molecule has 1 saturated carbocycles. The minimum Gasteiger partial charge on any atom is -0.347 e. The lowest BCUT2D eigenvalue weighted by atomic mass is 9.68. The molecule has 188 valence electrons. The zero-order chi connectivity index (χ0) is 24.5. The van der Waals surface area contributed by atoms with Gasteiger partial charge in [-0.05, 0) is 67.3 Å². The number of piperidine rings is 3. The highest BCUT2D eigenvalue weighted by Gasteiger charge is 2.46. The highest BCUT2D eigenvalue weighted by Crippen LogP contribution is 2.44. The molecular weight excluding hydrogens is 442 g/mol. The summed E-state index contributed by atoms with van der Waals surface area (Å²) in [6.07, 6.45) is 10.9. The number of benzene rings is 2. The lowest BCUT2D eigenvalue weighted by Gasteiger charge is -2.52. The normalized spacial score (nSPS) is 28.0. The molecular formula is C32H39N3O. The average Bonchev–Trinajstić information content (AvgIpc) is 2.96. The third-order valence-electron chi connectivity index (χ3n) is 9.62. The first kappa shape index (κ1) is 23.7. The predicted molar refractivity (Wildman–Crippen MR) is 146 cm³/mol. The van der Waals surface area contributed by atoms with Crippen LogP contribution in [0, 0.1) is 11.8 Å². The summed E-state index contributed by atoms with van der Waals surface area (Å²) in [4.78, 5) is 21.8. The molecule has 7 rings (SSSR count). The van der Waals surface area contributed by atoms with Gasteiger partial charge in [-0.1, -0.05) is 81.1 Å². The summed E-state index contributed by atoms with van der Waals surface area (Å²) in [5.74, 6) is 1.76. The van der Waals surface area contributed by atoms with Crippen molar-refractivity contribution in [3.05, 3.63) is 78.0 Å². The molecule has 0 spiro atoms. The zero-order valence-electron chi connectivity index (χ0n) is 21.5. The molecule has 0 radical (unpaired) electrons. The van der Waals surface area contributed by atoms with Crippen LogP contribution in [-0.2, 0) is 10.2 Å². The molecule has 2 bridgehead atoms. The Kier molecular flexibility index (Phi) is 6.55. The molecule has 1 amide bonds. The molecule has 3 aliphatic heterocycles. The molecule has 1 aliphatic carbocycles. The second-order valence-corrected chi connectivity index (χ2v) is 11.4. The standard InChI is InChI=1S/C32H39N3O/c1-2-23-22-35-20-16-24(23)21-29(35)30(27-15-19-33-28-14-8-7-13-26(27)28)34-31(36)32(17-9-4-10-18-32)25-11-5-3-6-12-25/h3,5-8,11-15,19,23-24,29-30H,2,4,9-10,16-18,20-22H2,1H3,(H,34,36). The highest BCUT2D eigenvalue weighted by molar-refractivity contribution is 5.90. The van der Waals surface area contributed by atoms with Crippen molar-refractivity contribution in [1.82, 2.24) is 15.2 Å². The monoisotopic (exact) mass is 481 g/mol. The van der Waals surface area contributed by atoms with Crippen molar-refractivity contribution in [2.24, 2.45) is 11.8 Å². The fourth-order valence-corrected chi connectivity index (χ4v) is 7.60. The van der Waals surface area contributed by atoms with Gasteiger partial charge in [-0.15, -0.1) is 0 Å². The van der Waals surface area contributed by atoms with E-state index in [9.17, 15) is 4.79 Å². The number of carbonyl (C=O) groups is 1. The number of carbonyl (C=O) groups excluding carboxylic acids is 1. The van der Waals surface area contributed by atoms with Gasteiger partial charge in [-0.25, -0.2) is 0 Å². The molecule has 36 heavy (non-hydrogen) atoms. The minimum atomic E-state index is -0.435. The molecule has 4 heteroatoms. The molecule has 4 heterocycles. The first-order chi connectivity index (χ1) is 17.7. The SMILES string of the molecule is CCC1CN2CCC1CC2C(NC(=O)C1(c2ccccc2)CCCCC1)c1ccnc2ccccc12. The van der Waals surface area contributed by atoms with Gasteiger partial charge in [0.25, 0.3) is 0 Å². The number of fused-ring (bicyclic) bond motifs is 4. The van der Waals surface area contributed by atoms with Crippen molar-refractivity contribution in [1.29, 1.82) is 0 Å². The van der Waals surface area contributed by atoms with E-state index in [1.165, 1.54) is 36.8 Å². The van der Waals surface area contributed by atoms with E-state index >= 15 is 0 Å². The first-order valence-corrected chi connectivity index (χ1v) is 14.1. The van der Waals surface area contributed by atoms with Crippen molar-refractivity contribution in [2.75, 3.05) is 13.1 Å². The fourth-order valence-electron chi connectivity index (χ4n) is 7.60. The van der Waals surface area contributed by atoms with Crippen LogP contribution in [0.15, 0.2) is 66.9 Å². The minimum absolute atomic E-state index is 0.0338. The lowest BCUT2D eigenvalue weighted by molar-refractivity contribution is -0.130. The van der Waals surface area contributed by atoms with Gasteiger partial charge in [-0.2, -0.15) is 0 Å². The molecule has 3 saturated heterocycles. The summed E-state index contributed by atoms with van der Waals surface area (Å²) in [5.41, 5.74) is 2.97. The molecule has 4 aliphatic rings. The number of rotatable bonds is 6. The van der Waals surface area contributed by atoms with Crippen LogP contribution >= 0.6 is 0 Å². The number of nitrogens with one attached hydrogen (secondary N) is 1. The molecule has 1 N–H and O–H groups in total. The number of aromatic nitrogens is 1. The number of nitrogens with zero attached hydrogens (tertiary/aromatic N) is 2. The van der Waals surface area contributed by atoms with E-state index in [0.29, 0.717) is 6.04 Å². The molecule has 5 atom stereocenters. The Morgan fingerprint density at radius 1 is 1.06 bits per heavy atom. The van der Waals surface area contributed by atoms with Crippen molar-refractivity contribution in [3.8, 4) is 0 Å². The van der Waals surface area contributed by atoms with Crippen molar-refractivity contribution in [3.63, 3.8) is 0 Å². The Morgan fingerprint density at radius 2 is 1.83 bits per heavy atom. The molecule has 1 aromatic heterocycles. The number of hydrogen-bond donors (Lipinski definition) is 1. The summed E-state index contributed by atoms with van der Waals surface area (Å²) < 4.78 is 0. The maximum Gasteiger partial charge on any atom is 0.231 e. The Labute approximate surface area is 215 Å². The van der Waals surface area contributed by atoms with Crippen LogP contribution in [0.25, 0.3) is 10.9 Å². The van der Waals surface area contributed by atoms with Gasteiger partial charge >= 0.3 is 0 Å². The number of amides is 1. The molecule has 4 nitrogen and oxygen atoms in total. The third-order valence-corrected chi connectivity index (χ3v) is 9.62. The zero-order valence-corrected chi connectivity index (χ0v) is 21.5. The van der Waals surface area contributed by atoms with Gasteiger partial charge in [0.1, 0.15) is 0 Å². The van der Waals surface area contributed by atoms with E-state index in [2.05, 4.69) is 82.8 Å². The second-order valence-electron chi connectivity index (χ2n) is 11.4. The summed E-state index contributed by atoms with van der Waals surface area (Å²) >= 11 is 0. The van der Waals surface area contributed by atoms with Crippen LogP contribution in [-0.4, -0.2) is 34.9 Å². The Hall–Kier alpha value is -2.72. The topological polar surface area (TPSA) is 45.2 Å². The van der Waals surface area contributed by atoms with Gasteiger partial charge in [0, 0.05) is 24.2 Å². The van der Waals surface area contributed by atoms with Crippen LogP contribution in [0.3, 0.4) is 0 Å². The van der Waals surface area contributed by atoms with E-state index in [1.807, 2.05) is 6.20 Å². The summed E-state index contributed by atoms with van der Waals surface area (Å²) in [7, 11) is 0. The van der Waals surface area contributed by atoms with Gasteiger partial charge in [0.2, 0.25) is 5.91 Å². The van der Waals surface area contributed by atoms with Gasteiger partial charge in [0.15, 0.2) is 0 Å². The Bertz CT molecular complexity index is 1200. The molecule has 3 aromatic rings. The highest BCUT2D eigenvalue weighted by atomic mass is 16.2. The smallest absolute Gasteiger partial charge is 0.231 e. The van der Waals surface area contributed by atoms with Crippen molar-refractivity contribution < 1.29 is 4.79 Å². The number of para-hydroxylation sites is 1. The maximum absolute atomic E-state index is 14.5. The van der Waals surface area contributed by atoms with Crippen molar-refractivity contribution in [2.45, 2.75) is 75.8 Å². The van der Waals surface area contributed by atoms with Gasteiger partial charge < -0.3 is 5.32 Å². The van der Waals surface area contributed by atoms with E-state index in [0.717, 1.165) is 61.5 Å². The number of hydrogen-bond acceptors (Lipinski definition) is 3. The Balaban J connectivity index is 1.40. The van der Waals surface area contributed by atoms with E-state index < -0.39 is 5.41 Å².